The van der Waals surface area contributed by atoms with Gasteiger partial charge in [0.1, 0.15) is 0 Å². The first-order valence-corrected chi connectivity index (χ1v) is 5.39. The highest BCUT2D eigenvalue weighted by atomic mass is 32.2. The Kier molecular flexibility index (Phi) is 12.5. The molecule has 3 nitrogen and oxygen atoms in total. The smallest absolute Gasteiger partial charge is 0.409 e. The predicted octanol–water partition coefficient (Wildman–Crippen LogP) is 2.07. The summed E-state index contributed by atoms with van der Waals surface area (Å²) < 4.78 is 4.49. The molecule has 0 unspecified atom stereocenters. The van der Waals surface area contributed by atoms with E-state index in [1.54, 1.807) is 23.7 Å². The predicted molar refractivity (Wildman–Crippen MR) is 54.8 cm³/mol. The fraction of sp³-hybridized carbons (Fsp3) is 0.875. The maximum atomic E-state index is 10.7. The number of thioether (sulfide) groups is 1. The first-order valence-electron chi connectivity index (χ1n) is 4.00. The molecule has 0 rings (SSSR count). The summed E-state index contributed by atoms with van der Waals surface area (Å²) in [5.41, 5.74) is 0. The van der Waals surface area contributed by atoms with Crippen molar-refractivity contribution in [3.63, 3.8) is 0 Å². The van der Waals surface area contributed by atoms with Crippen molar-refractivity contribution in [2.45, 2.75) is 13.8 Å². The van der Waals surface area contributed by atoms with Crippen LogP contribution in [0.1, 0.15) is 13.8 Å². The molecular formula is C8H19NO2S. The van der Waals surface area contributed by atoms with E-state index in [0.717, 1.165) is 12.3 Å². The van der Waals surface area contributed by atoms with Crippen LogP contribution in [0.25, 0.3) is 0 Å². The van der Waals surface area contributed by atoms with E-state index < -0.39 is 0 Å². The Morgan fingerprint density at radius 1 is 1.50 bits per heavy atom. The normalized spacial score (nSPS) is 8.08. The Morgan fingerprint density at radius 2 is 2.00 bits per heavy atom. The van der Waals surface area contributed by atoms with Gasteiger partial charge in [-0.15, -0.1) is 0 Å². The summed E-state index contributed by atoms with van der Waals surface area (Å²) in [5.74, 6) is 0.950. The van der Waals surface area contributed by atoms with Crippen molar-refractivity contribution >= 4 is 17.9 Å². The maximum Gasteiger partial charge on any atom is 0.409 e. The van der Waals surface area contributed by atoms with Gasteiger partial charge in [0.2, 0.25) is 0 Å². The lowest BCUT2D eigenvalue weighted by atomic mass is 10.7. The van der Waals surface area contributed by atoms with Gasteiger partial charge in [-0.3, -0.25) is 0 Å². The number of ether oxygens (including phenoxy) is 1. The molecule has 0 heterocycles. The first-order chi connectivity index (χ1) is 5.72. The van der Waals surface area contributed by atoms with Gasteiger partial charge in [0, 0.05) is 19.3 Å². The third kappa shape index (κ3) is 7.72. The Hall–Kier alpha value is -0.380. The summed E-state index contributed by atoms with van der Waals surface area (Å²) in [6, 6.07) is 0. The lowest BCUT2D eigenvalue weighted by Crippen LogP contribution is -2.28. The molecule has 74 valence electrons. The van der Waals surface area contributed by atoms with Crippen molar-refractivity contribution < 1.29 is 9.53 Å². The molecule has 0 atom stereocenters. The molecule has 0 N–H and O–H groups in total. The minimum atomic E-state index is -0.269. The van der Waals surface area contributed by atoms with Gasteiger partial charge in [-0.1, -0.05) is 13.8 Å². The number of rotatable bonds is 3. The van der Waals surface area contributed by atoms with Crippen LogP contribution in [0.4, 0.5) is 4.79 Å². The molecule has 0 aromatic heterocycles. The molecule has 0 aliphatic carbocycles. The topological polar surface area (TPSA) is 29.5 Å². The van der Waals surface area contributed by atoms with Gasteiger partial charge in [-0.05, 0) is 6.26 Å². The average Bonchev–Trinajstić information content (AvgIpc) is 2.16. The Labute approximate surface area is 79.5 Å². The van der Waals surface area contributed by atoms with Crippen molar-refractivity contribution in [2.24, 2.45) is 0 Å². The largest absolute Gasteiger partial charge is 0.453 e. The van der Waals surface area contributed by atoms with Crippen LogP contribution in [-0.2, 0) is 4.74 Å². The van der Waals surface area contributed by atoms with Gasteiger partial charge in [0.25, 0.3) is 0 Å². The number of carbonyl (C=O) groups excluding carboxylic acids is 1. The van der Waals surface area contributed by atoms with Crippen LogP contribution >= 0.6 is 11.8 Å². The Bertz CT molecular complexity index is 109. The summed E-state index contributed by atoms with van der Waals surface area (Å²) in [4.78, 5) is 12.3. The Balaban J connectivity index is 0. The third-order valence-electron chi connectivity index (χ3n) is 1.12. The van der Waals surface area contributed by atoms with Crippen molar-refractivity contribution in [3.05, 3.63) is 0 Å². The van der Waals surface area contributed by atoms with Crippen molar-refractivity contribution in [1.82, 2.24) is 4.90 Å². The first kappa shape index (κ1) is 14.2. The van der Waals surface area contributed by atoms with Gasteiger partial charge in [-0.25, -0.2) is 4.79 Å². The quantitative estimate of drug-likeness (QED) is 0.687. The van der Waals surface area contributed by atoms with Crippen LogP contribution in [-0.4, -0.2) is 43.7 Å². The summed E-state index contributed by atoms with van der Waals surface area (Å²) >= 11 is 1.71. The second-order valence-electron chi connectivity index (χ2n) is 1.88. The minimum Gasteiger partial charge on any atom is -0.453 e. The monoisotopic (exact) mass is 193 g/mol. The molecular weight excluding hydrogens is 174 g/mol. The van der Waals surface area contributed by atoms with Gasteiger partial charge in [0.05, 0.1) is 7.11 Å². The lowest BCUT2D eigenvalue weighted by Gasteiger charge is -2.13. The number of amides is 1. The van der Waals surface area contributed by atoms with Gasteiger partial charge >= 0.3 is 6.09 Å². The van der Waals surface area contributed by atoms with Gasteiger partial charge < -0.3 is 9.64 Å². The highest BCUT2D eigenvalue weighted by molar-refractivity contribution is 7.98. The molecule has 4 heteroatoms. The summed E-state index contributed by atoms with van der Waals surface area (Å²) in [5, 5.41) is 0. The molecule has 0 saturated carbocycles. The van der Waals surface area contributed by atoms with Gasteiger partial charge in [-0.2, -0.15) is 11.8 Å². The van der Waals surface area contributed by atoms with E-state index in [9.17, 15) is 4.79 Å². The number of hydrogen-bond donors (Lipinski definition) is 0. The zero-order valence-electron chi connectivity index (χ0n) is 8.59. The SMILES string of the molecule is CC.COC(=O)N(C)CCSC. The van der Waals surface area contributed by atoms with Crippen molar-refractivity contribution in [2.75, 3.05) is 32.7 Å². The van der Waals surface area contributed by atoms with E-state index in [2.05, 4.69) is 4.74 Å². The standard InChI is InChI=1S/C6H13NO2S.C2H6/c1-7(4-5-10-3)6(8)9-2;1-2/h4-5H2,1-3H3;1-2H3. The number of nitrogens with zero attached hydrogens (tertiary/aromatic N) is 1. The molecule has 0 aromatic rings. The molecule has 0 aliphatic heterocycles. The zero-order chi connectivity index (χ0) is 9.98. The van der Waals surface area contributed by atoms with Crippen LogP contribution in [0.3, 0.4) is 0 Å². The summed E-state index contributed by atoms with van der Waals surface area (Å²) in [7, 11) is 3.11. The molecule has 0 aliphatic rings. The van der Waals surface area contributed by atoms with E-state index in [0.29, 0.717) is 0 Å². The van der Waals surface area contributed by atoms with Crippen molar-refractivity contribution in [1.29, 1.82) is 0 Å². The maximum absolute atomic E-state index is 10.7. The van der Waals surface area contributed by atoms with Crippen LogP contribution in [0.15, 0.2) is 0 Å². The lowest BCUT2D eigenvalue weighted by molar-refractivity contribution is 0.135. The number of carbonyl (C=O) groups is 1. The highest BCUT2D eigenvalue weighted by Crippen LogP contribution is 1.94. The molecule has 0 fully saturated rings. The fourth-order valence-electron chi connectivity index (χ4n) is 0.475. The molecule has 0 aromatic carbocycles. The van der Waals surface area contributed by atoms with Gasteiger partial charge in [0.15, 0.2) is 0 Å². The molecule has 0 radical (unpaired) electrons. The molecule has 1 amide bonds. The fourth-order valence-corrected chi connectivity index (χ4v) is 0.932. The molecule has 0 bridgehead atoms. The number of hydrogen-bond acceptors (Lipinski definition) is 3. The molecule has 0 spiro atoms. The van der Waals surface area contributed by atoms with Crippen LogP contribution in [0.2, 0.25) is 0 Å². The van der Waals surface area contributed by atoms with E-state index in [4.69, 9.17) is 0 Å². The van der Waals surface area contributed by atoms with Crippen LogP contribution in [0.5, 0.6) is 0 Å². The van der Waals surface area contributed by atoms with Crippen LogP contribution in [0, 0.1) is 0 Å². The minimum absolute atomic E-state index is 0.269. The third-order valence-corrected chi connectivity index (χ3v) is 1.71. The second kappa shape index (κ2) is 10.6. The van der Waals surface area contributed by atoms with E-state index in [1.165, 1.54) is 7.11 Å². The molecule has 12 heavy (non-hydrogen) atoms. The number of methoxy groups -OCH3 is 1. The van der Waals surface area contributed by atoms with Crippen LogP contribution < -0.4 is 0 Å². The van der Waals surface area contributed by atoms with Crippen molar-refractivity contribution in [3.8, 4) is 0 Å². The molecule has 0 saturated heterocycles. The van der Waals surface area contributed by atoms with E-state index >= 15 is 0 Å². The zero-order valence-corrected chi connectivity index (χ0v) is 9.40. The Morgan fingerprint density at radius 3 is 2.33 bits per heavy atom. The van der Waals surface area contributed by atoms with E-state index in [-0.39, 0.29) is 6.09 Å². The van der Waals surface area contributed by atoms with E-state index in [1.807, 2.05) is 20.1 Å². The second-order valence-corrected chi connectivity index (χ2v) is 2.87. The summed E-state index contributed by atoms with van der Waals surface area (Å²) in [6.07, 6.45) is 1.74. The summed E-state index contributed by atoms with van der Waals surface area (Å²) in [6.45, 7) is 4.74. The highest BCUT2D eigenvalue weighted by Gasteiger charge is 2.05. The average molecular weight is 193 g/mol.